The summed E-state index contributed by atoms with van der Waals surface area (Å²) >= 11 is 0. The summed E-state index contributed by atoms with van der Waals surface area (Å²) in [5, 5.41) is 3.93. The molecule has 0 aliphatic rings. The number of aromatic nitrogens is 5. The molecule has 7 heteroatoms. The average molecular weight is 279 g/mol. The van der Waals surface area contributed by atoms with Crippen LogP contribution in [0.1, 0.15) is 0 Å². The van der Waals surface area contributed by atoms with Crippen LogP contribution in [0.4, 0.5) is 0 Å². The molecule has 21 heavy (non-hydrogen) atoms. The van der Waals surface area contributed by atoms with E-state index < -0.39 is 0 Å². The fraction of sp³-hybridized carbons (Fsp3) is 0. The maximum atomic E-state index is 5.21. The summed E-state index contributed by atoms with van der Waals surface area (Å²) in [6.07, 6.45) is 8.45. The summed E-state index contributed by atoms with van der Waals surface area (Å²) < 4.78 is 12.2. The Labute approximate surface area is 118 Å². The molecule has 0 fully saturated rings. The van der Waals surface area contributed by atoms with Gasteiger partial charge in [-0.1, -0.05) is 5.16 Å². The van der Waals surface area contributed by atoms with Gasteiger partial charge in [0.15, 0.2) is 5.76 Å². The second kappa shape index (κ2) is 4.71. The Hall–Kier alpha value is -3.22. The molecule has 0 atom stereocenters. The van der Waals surface area contributed by atoms with E-state index in [0.29, 0.717) is 17.5 Å². The highest BCUT2D eigenvalue weighted by atomic mass is 16.5. The minimum absolute atomic E-state index is 0.341. The first-order chi connectivity index (χ1) is 10.4. The Balaban J connectivity index is 1.65. The molecule has 0 unspecified atom stereocenters. The topological polar surface area (TPSA) is 82.8 Å². The zero-order chi connectivity index (χ0) is 14.1. The van der Waals surface area contributed by atoms with Crippen LogP contribution in [0.2, 0.25) is 0 Å². The van der Waals surface area contributed by atoms with Crippen molar-refractivity contribution in [2.24, 2.45) is 0 Å². The van der Waals surface area contributed by atoms with Crippen molar-refractivity contribution in [1.29, 1.82) is 0 Å². The fourth-order valence-corrected chi connectivity index (χ4v) is 1.91. The SMILES string of the molecule is c1coc(-c2nc(-c3ccc(-n4ccnc4)nc3)no2)c1. The van der Waals surface area contributed by atoms with Gasteiger partial charge < -0.3 is 8.94 Å². The van der Waals surface area contributed by atoms with Crippen molar-refractivity contribution in [1.82, 2.24) is 24.7 Å². The van der Waals surface area contributed by atoms with E-state index in [-0.39, 0.29) is 0 Å². The van der Waals surface area contributed by atoms with E-state index >= 15 is 0 Å². The molecule has 0 aromatic carbocycles. The number of nitrogens with zero attached hydrogens (tertiary/aromatic N) is 5. The third-order valence-electron chi connectivity index (χ3n) is 2.93. The predicted octanol–water partition coefficient (Wildman–Crippen LogP) is 2.58. The molecule has 0 aliphatic heterocycles. The van der Waals surface area contributed by atoms with Gasteiger partial charge >= 0.3 is 0 Å². The molecular weight excluding hydrogens is 270 g/mol. The first-order valence-electron chi connectivity index (χ1n) is 6.22. The zero-order valence-electron chi connectivity index (χ0n) is 10.7. The lowest BCUT2D eigenvalue weighted by Gasteiger charge is -2.00. The van der Waals surface area contributed by atoms with Gasteiger partial charge in [-0.15, -0.1) is 0 Å². The largest absolute Gasteiger partial charge is 0.459 e. The maximum Gasteiger partial charge on any atom is 0.293 e. The lowest BCUT2D eigenvalue weighted by atomic mass is 10.2. The summed E-state index contributed by atoms with van der Waals surface area (Å²) in [6.45, 7) is 0. The van der Waals surface area contributed by atoms with Crippen LogP contribution in [-0.2, 0) is 0 Å². The van der Waals surface area contributed by atoms with E-state index in [0.717, 1.165) is 11.4 Å². The van der Waals surface area contributed by atoms with Crippen LogP contribution in [0.25, 0.3) is 28.9 Å². The molecule has 0 N–H and O–H groups in total. The van der Waals surface area contributed by atoms with E-state index in [1.54, 1.807) is 37.1 Å². The summed E-state index contributed by atoms with van der Waals surface area (Å²) in [7, 11) is 0. The van der Waals surface area contributed by atoms with E-state index in [1.807, 2.05) is 22.9 Å². The molecule has 4 heterocycles. The van der Waals surface area contributed by atoms with Crippen molar-refractivity contribution in [3.05, 3.63) is 55.4 Å². The van der Waals surface area contributed by atoms with Crippen LogP contribution in [0.3, 0.4) is 0 Å². The van der Waals surface area contributed by atoms with Crippen LogP contribution in [0.5, 0.6) is 0 Å². The highest BCUT2D eigenvalue weighted by Crippen LogP contribution is 2.22. The maximum absolute atomic E-state index is 5.21. The third kappa shape index (κ3) is 2.10. The Morgan fingerprint density at radius 2 is 2.14 bits per heavy atom. The first-order valence-corrected chi connectivity index (χ1v) is 6.22. The van der Waals surface area contributed by atoms with Gasteiger partial charge in [0.1, 0.15) is 12.1 Å². The molecule has 0 radical (unpaired) electrons. The van der Waals surface area contributed by atoms with Gasteiger partial charge in [-0.2, -0.15) is 4.98 Å². The van der Waals surface area contributed by atoms with Crippen molar-refractivity contribution in [3.8, 4) is 28.9 Å². The van der Waals surface area contributed by atoms with Crippen LogP contribution >= 0.6 is 0 Å². The molecule has 0 spiro atoms. The van der Waals surface area contributed by atoms with Gasteiger partial charge in [0.05, 0.1) is 6.26 Å². The van der Waals surface area contributed by atoms with E-state index in [1.165, 1.54) is 0 Å². The fourth-order valence-electron chi connectivity index (χ4n) is 1.91. The summed E-state index contributed by atoms with van der Waals surface area (Å²) in [6, 6.07) is 7.26. The van der Waals surface area contributed by atoms with Gasteiger partial charge in [-0.25, -0.2) is 9.97 Å². The number of rotatable bonds is 3. The molecule has 0 bridgehead atoms. The minimum atomic E-state index is 0.341. The second-order valence-electron chi connectivity index (χ2n) is 4.28. The van der Waals surface area contributed by atoms with Gasteiger partial charge in [0.2, 0.25) is 5.82 Å². The monoisotopic (exact) mass is 279 g/mol. The normalized spacial score (nSPS) is 10.9. The van der Waals surface area contributed by atoms with Crippen molar-refractivity contribution < 1.29 is 8.94 Å². The Kier molecular flexibility index (Phi) is 2.60. The highest BCUT2D eigenvalue weighted by molar-refractivity contribution is 5.56. The number of furan rings is 1. The van der Waals surface area contributed by atoms with Gasteiger partial charge in [-0.3, -0.25) is 4.57 Å². The van der Waals surface area contributed by atoms with Crippen molar-refractivity contribution in [2.45, 2.75) is 0 Å². The quantitative estimate of drug-likeness (QED) is 0.573. The Morgan fingerprint density at radius 3 is 2.86 bits per heavy atom. The van der Waals surface area contributed by atoms with Crippen LogP contribution in [0.15, 0.2) is 64.4 Å². The molecule has 0 saturated heterocycles. The average Bonchev–Trinajstić information content (AvgIpc) is 3.27. The van der Waals surface area contributed by atoms with Crippen LogP contribution in [0, 0.1) is 0 Å². The predicted molar refractivity (Wildman–Crippen MR) is 72.4 cm³/mol. The molecule has 0 saturated carbocycles. The van der Waals surface area contributed by atoms with Gasteiger partial charge in [-0.05, 0) is 24.3 Å². The highest BCUT2D eigenvalue weighted by Gasteiger charge is 2.12. The summed E-state index contributed by atoms with van der Waals surface area (Å²) in [4.78, 5) is 12.6. The third-order valence-corrected chi connectivity index (χ3v) is 2.93. The molecule has 7 nitrogen and oxygen atoms in total. The Bertz CT molecular complexity index is 832. The number of pyridine rings is 1. The van der Waals surface area contributed by atoms with Crippen LogP contribution in [-0.4, -0.2) is 24.7 Å². The second-order valence-corrected chi connectivity index (χ2v) is 4.28. The lowest BCUT2D eigenvalue weighted by molar-refractivity contribution is 0.417. The zero-order valence-corrected chi connectivity index (χ0v) is 10.7. The van der Waals surface area contributed by atoms with Gasteiger partial charge in [0, 0.05) is 24.2 Å². The van der Waals surface area contributed by atoms with Gasteiger partial charge in [0.25, 0.3) is 5.89 Å². The molecule has 102 valence electrons. The van der Waals surface area contributed by atoms with E-state index in [9.17, 15) is 0 Å². The van der Waals surface area contributed by atoms with Crippen LogP contribution < -0.4 is 0 Å². The van der Waals surface area contributed by atoms with E-state index in [4.69, 9.17) is 8.94 Å². The molecule has 4 aromatic heterocycles. The minimum Gasteiger partial charge on any atom is -0.459 e. The number of imidazole rings is 1. The molecule has 0 amide bonds. The molecule has 4 aromatic rings. The first kappa shape index (κ1) is 11.6. The smallest absolute Gasteiger partial charge is 0.293 e. The van der Waals surface area contributed by atoms with Crippen molar-refractivity contribution in [2.75, 3.05) is 0 Å². The molecular formula is C14H9N5O2. The molecule has 0 aliphatic carbocycles. The van der Waals surface area contributed by atoms with E-state index in [2.05, 4.69) is 20.1 Å². The number of hydrogen-bond donors (Lipinski definition) is 0. The van der Waals surface area contributed by atoms with Crippen molar-refractivity contribution >= 4 is 0 Å². The summed E-state index contributed by atoms with van der Waals surface area (Å²) in [5.41, 5.74) is 0.764. The van der Waals surface area contributed by atoms with Crippen molar-refractivity contribution in [3.63, 3.8) is 0 Å². The number of hydrogen-bond acceptors (Lipinski definition) is 6. The molecule has 4 rings (SSSR count). The summed E-state index contributed by atoms with van der Waals surface area (Å²) in [5.74, 6) is 2.11. The lowest BCUT2D eigenvalue weighted by Crippen LogP contribution is -1.94. The standard InChI is InChI=1S/C14H9N5O2/c1-2-11(20-7-1)14-17-13(18-21-14)10-3-4-12(16-8-10)19-6-5-15-9-19/h1-9H. The Morgan fingerprint density at radius 1 is 1.14 bits per heavy atom.